The Morgan fingerprint density at radius 3 is 2.85 bits per heavy atom. The minimum Gasteiger partial charge on any atom is -0.364 e. The molecule has 4 heterocycles. The van der Waals surface area contributed by atoms with Gasteiger partial charge in [0.1, 0.15) is 18.5 Å². The highest BCUT2D eigenvalue weighted by molar-refractivity contribution is 5.82. The van der Waals surface area contributed by atoms with E-state index >= 15 is 0 Å². The number of anilines is 1. The number of ether oxygens (including phenoxy) is 3. The van der Waals surface area contributed by atoms with Crippen molar-refractivity contribution in [1.29, 1.82) is 0 Å². The molecule has 0 bridgehead atoms. The van der Waals surface area contributed by atoms with Crippen LogP contribution in [0, 0.1) is 0 Å². The van der Waals surface area contributed by atoms with Gasteiger partial charge in [-0.1, -0.05) is 30.3 Å². The van der Waals surface area contributed by atoms with Gasteiger partial charge in [0.25, 0.3) is 0 Å². The summed E-state index contributed by atoms with van der Waals surface area (Å²) in [6.45, 7) is 4.99. The third-order valence-corrected chi connectivity index (χ3v) is 4.87. The SMILES string of the molecule is CC1(C)O[C@H]2[C@H](n3cnc4c(NCc5ccccc5)ncnc43)OC[C@H]2O1. The van der Waals surface area contributed by atoms with Gasteiger partial charge in [0.15, 0.2) is 29.0 Å². The lowest BCUT2D eigenvalue weighted by molar-refractivity contribution is -0.183. The van der Waals surface area contributed by atoms with Crippen molar-refractivity contribution in [3.63, 3.8) is 0 Å². The Hall–Kier alpha value is -2.55. The lowest BCUT2D eigenvalue weighted by Gasteiger charge is -2.22. The van der Waals surface area contributed by atoms with E-state index in [4.69, 9.17) is 14.2 Å². The quantitative estimate of drug-likeness (QED) is 0.758. The predicted octanol–water partition coefficient (Wildman–Crippen LogP) is 2.49. The number of hydrogen-bond acceptors (Lipinski definition) is 7. The van der Waals surface area contributed by atoms with Crippen LogP contribution >= 0.6 is 0 Å². The lowest BCUT2D eigenvalue weighted by atomic mass is 10.2. The second-order valence-corrected chi connectivity index (χ2v) is 7.25. The zero-order chi connectivity index (χ0) is 18.4. The van der Waals surface area contributed by atoms with Crippen LogP contribution in [-0.2, 0) is 20.8 Å². The van der Waals surface area contributed by atoms with Gasteiger partial charge in [-0.3, -0.25) is 4.57 Å². The molecule has 3 atom stereocenters. The number of nitrogens with one attached hydrogen (secondary N) is 1. The van der Waals surface area contributed by atoms with Crippen LogP contribution in [0.3, 0.4) is 0 Å². The number of fused-ring (bicyclic) bond motifs is 2. The number of nitrogens with zero attached hydrogens (tertiary/aromatic N) is 4. The molecule has 1 aromatic carbocycles. The van der Waals surface area contributed by atoms with E-state index in [1.165, 1.54) is 11.9 Å². The maximum atomic E-state index is 6.04. The molecule has 2 fully saturated rings. The summed E-state index contributed by atoms with van der Waals surface area (Å²) in [5.41, 5.74) is 2.59. The van der Waals surface area contributed by atoms with Gasteiger partial charge in [0, 0.05) is 6.54 Å². The third kappa shape index (κ3) is 2.95. The van der Waals surface area contributed by atoms with E-state index in [2.05, 4.69) is 32.4 Å². The Bertz CT molecular complexity index is 958. The monoisotopic (exact) mass is 367 g/mol. The van der Waals surface area contributed by atoms with E-state index in [-0.39, 0.29) is 18.4 Å². The molecule has 2 saturated heterocycles. The molecule has 2 aliphatic heterocycles. The van der Waals surface area contributed by atoms with E-state index < -0.39 is 5.79 Å². The Balaban J connectivity index is 1.42. The maximum Gasteiger partial charge on any atom is 0.167 e. The van der Waals surface area contributed by atoms with Crippen molar-refractivity contribution in [2.24, 2.45) is 0 Å². The molecule has 0 amide bonds. The van der Waals surface area contributed by atoms with Crippen molar-refractivity contribution in [3.8, 4) is 0 Å². The molecule has 8 nitrogen and oxygen atoms in total. The zero-order valence-electron chi connectivity index (χ0n) is 15.2. The Morgan fingerprint density at radius 2 is 2.00 bits per heavy atom. The van der Waals surface area contributed by atoms with E-state index in [1.807, 2.05) is 36.6 Å². The van der Waals surface area contributed by atoms with Crippen LogP contribution in [0.15, 0.2) is 43.0 Å². The van der Waals surface area contributed by atoms with Crippen molar-refractivity contribution in [1.82, 2.24) is 19.5 Å². The number of aromatic nitrogens is 4. The summed E-state index contributed by atoms with van der Waals surface area (Å²) in [7, 11) is 0. The molecule has 3 aromatic rings. The van der Waals surface area contributed by atoms with Crippen LogP contribution in [0.5, 0.6) is 0 Å². The van der Waals surface area contributed by atoms with Gasteiger partial charge in [-0.15, -0.1) is 0 Å². The van der Waals surface area contributed by atoms with Gasteiger partial charge in [0.05, 0.1) is 12.9 Å². The highest BCUT2D eigenvalue weighted by Crippen LogP contribution is 2.40. The fourth-order valence-corrected chi connectivity index (χ4v) is 3.71. The Labute approximate surface area is 156 Å². The molecule has 5 rings (SSSR count). The topological polar surface area (TPSA) is 83.3 Å². The molecule has 0 spiro atoms. The van der Waals surface area contributed by atoms with Gasteiger partial charge in [-0.05, 0) is 19.4 Å². The average molecular weight is 367 g/mol. The van der Waals surface area contributed by atoms with Crippen LogP contribution in [0.25, 0.3) is 11.2 Å². The average Bonchev–Trinajstić information content (AvgIpc) is 3.32. The largest absolute Gasteiger partial charge is 0.364 e. The molecule has 27 heavy (non-hydrogen) atoms. The summed E-state index contributed by atoms with van der Waals surface area (Å²) < 4.78 is 19.8. The van der Waals surface area contributed by atoms with Gasteiger partial charge < -0.3 is 19.5 Å². The van der Waals surface area contributed by atoms with E-state index in [1.54, 1.807) is 6.33 Å². The molecule has 8 heteroatoms. The van der Waals surface area contributed by atoms with Gasteiger partial charge in [0.2, 0.25) is 0 Å². The molecule has 1 N–H and O–H groups in total. The van der Waals surface area contributed by atoms with Crippen molar-refractivity contribution < 1.29 is 14.2 Å². The van der Waals surface area contributed by atoms with E-state index in [0.717, 1.165) is 0 Å². The van der Waals surface area contributed by atoms with Crippen LogP contribution in [0.4, 0.5) is 5.82 Å². The fourth-order valence-electron chi connectivity index (χ4n) is 3.71. The predicted molar refractivity (Wildman–Crippen MR) is 97.9 cm³/mol. The second kappa shape index (κ2) is 6.26. The van der Waals surface area contributed by atoms with Crippen LogP contribution < -0.4 is 5.32 Å². The van der Waals surface area contributed by atoms with Crippen molar-refractivity contribution in [2.45, 2.75) is 44.6 Å². The first-order chi connectivity index (χ1) is 13.1. The van der Waals surface area contributed by atoms with Crippen LogP contribution in [0.1, 0.15) is 25.6 Å². The minimum atomic E-state index is -0.606. The second-order valence-electron chi connectivity index (χ2n) is 7.25. The van der Waals surface area contributed by atoms with Crippen LogP contribution in [0.2, 0.25) is 0 Å². The zero-order valence-corrected chi connectivity index (χ0v) is 15.2. The van der Waals surface area contributed by atoms with Gasteiger partial charge in [-0.2, -0.15) is 0 Å². The van der Waals surface area contributed by atoms with Crippen molar-refractivity contribution in [2.75, 3.05) is 11.9 Å². The maximum absolute atomic E-state index is 6.04. The molecule has 0 unspecified atom stereocenters. The highest BCUT2D eigenvalue weighted by atomic mass is 16.8. The van der Waals surface area contributed by atoms with Gasteiger partial charge in [-0.25, -0.2) is 15.0 Å². The summed E-state index contributed by atoms with van der Waals surface area (Å²) in [5.74, 6) is 0.0894. The van der Waals surface area contributed by atoms with Crippen molar-refractivity contribution >= 4 is 17.0 Å². The first kappa shape index (κ1) is 16.6. The molecule has 0 radical (unpaired) electrons. The molecule has 2 aliphatic rings. The van der Waals surface area contributed by atoms with E-state index in [9.17, 15) is 0 Å². The first-order valence-electron chi connectivity index (χ1n) is 9.03. The number of hydrogen-bond donors (Lipinski definition) is 1. The van der Waals surface area contributed by atoms with Crippen LogP contribution in [-0.4, -0.2) is 44.1 Å². The normalized spacial score (nSPS) is 26.4. The summed E-state index contributed by atoms with van der Waals surface area (Å²) in [4.78, 5) is 13.3. The Kier molecular flexibility index (Phi) is 3.85. The van der Waals surface area contributed by atoms with Crippen molar-refractivity contribution in [3.05, 3.63) is 48.5 Å². The number of imidazole rings is 1. The highest BCUT2D eigenvalue weighted by Gasteiger charge is 2.51. The fraction of sp³-hybridized carbons (Fsp3) is 0.421. The molecular weight excluding hydrogens is 346 g/mol. The molecule has 140 valence electrons. The third-order valence-electron chi connectivity index (χ3n) is 4.87. The Morgan fingerprint density at radius 1 is 1.15 bits per heavy atom. The molecular formula is C19H21N5O3. The first-order valence-corrected chi connectivity index (χ1v) is 9.03. The summed E-state index contributed by atoms with van der Waals surface area (Å²) in [6, 6.07) is 10.2. The summed E-state index contributed by atoms with van der Waals surface area (Å²) >= 11 is 0. The molecule has 0 saturated carbocycles. The molecule has 0 aliphatic carbocycles. The van der Waals surface area contributed by atoms with Gasteiger partial charge >= 0.3 is 0 Å². The van der Waals surface area contributed by atoms with E-state index in [0.29, 0.717) is 30.1 Å². The molecule has 2 aromatic heterocycles. The number of benzene rings is 1. The standard InChI is InChI=1S/C19H21N5O3/c1-19(2)26-13-9-25-18(15(13)27-19)24-11-23-14-16(21-10-22-17(14)24)20-8-12-6-4-3-5-7-12/h3-7,10-11,13,15,18H,8-9H2,1-2H3,(H,20,21,22)/t13-,15-,18-/m1/s1. The minimum absolute atomic E-state index is 0.0834. The smallest absolute Gasteiger partial charge is 0.167 e. The summed E-state index contributed by atoms with van der Waals surface area (Å²) in [6.07, 6.45) is 2.68. The number of rotatable bonds is 4. The lowest BCUT2D eigenvalue weighted by Crippen LogP contribution is -2.27. The summed E-state index contributed by atoms with van der Waals surface area (Å²) in [5, 5.41) is 3.34.